The van der Waals surface area contributed by atoms with E-state index in [1.165, 1.54) is 4.31 Å². The molecule has 0 atom stereocenters. The van der Waals surface area contributed by atoms with Crippen LogP contribution in [0.3, 0.4) is 0 Å². The maximum atomic E-state index is 12.5. The van der Waals surface area contributed by atoms with E-state index in [0.717, 1.165) is 29.8 Å². The third-order valence-electron chi connectivity index (χ3n) is 4.40. The summed E-state index contributed by atoms with van der Waals surface area (Å²) >= 11 is 0. The molecule has 2 aromatic carbocycles. The number of anilines is 1. The molecule has 0 bridgehead atoms. The molecular weight excluding hydrogens is 364 g/mol. The van der Waals surface area contributed by atoms with Crippen molar-refractivity contribution in [3.8, 4) is 5.75 Å². The third kappa shape index (κ3) is 4.78. The van der Waals surface area contributed by atoms with Crippen LogP contribution in [0.5, 0.6) is 5.75 Å². The Labute approximate surface area is 159 Å². The van der Waals surface area contributed by atoms with Crippen molar-refractivity contribution in [2.24, 2.45) is 10.7 Å². The Kier molecular flexibility index (Phi) is 5.98. The second-order valence-corrected chi connectivity index (χ2v) is 8.25. The molecule has 7 nitrogen and oxygen atoms in total. The van der Waals surface area contributed by atoms with E-state index in [1.807, 2.05) is 24.3 Å². The van der Waals surface area contributed by atoms with Gasteiger partial charge in [-0.1, -0.05) is 18.2 Å². The second-order valence-electron chi connectivity index (χ2n) is 6.31. The molecule has 0 amide bonds. The lowest BCUT2D eigenvalue weighted by Gasteiger charge is -2.15. The van der Waals surface area contributed by atoms with Gasteiger partial charge in [0.2, 0.25) is 10.0 Å². The van der Waals surface area contributed by atoms with Gasteiger partial charge in [-0.15, -0.1) is 0 Å². The van der Waals surface area contributed by atoms with Gasteiger partial charge in [-0.25, -0.2) is 13.4 Å². The standard InChI is InChI=1S/C19H24N4O3S/c1-26-17-6-4-5-16(13-17)22-19(20)21-14-15-7-9-18(10-8-15)27(24,25)23-11-2-3-12-23/h4-10,13H,2-3,11-12,14H2,1H3,(H3,20,21,22). The summed E-state index contributed by atoms with van der Waals surface area (Å²) in [6, 6.07) is 14.2. The van der Waals surface area contributed by atoms with Crippen LogP contribution in [0.25, 0.3) is 0 Å². The van der Waals surface area contributed by atoms with E-state index in [-0.39, 0.29) is 5.96 Å². The van der Waals surface area contributed by atoms with Crippen LogP contribution in [0.2, 0.25) is 0 Å². The van der Waals surface area contributed by atoms with Gasteiger partial charge in [-0.3, -0.25) is 0 Å². The summed E-state index contributed by atoms with van der Waals surface area (Å²) in [5.41, 5.74) is 7.58. The number of hydrogen-bond acceptors (Lipinski definition) is 4. The minimum absolute atomic E-state index is 0.275. The lowest BCUT2D eigenvalue weighted by molar-refractivity contribution is 0.415. The molecule has 1 aliphatic rings. The van der Waals surface area contributed by atoms with Crippen molar-refractivity contribution >= 4 is 21.7 Å². The Balaban J connectivity index is 1.63. The fourth-order valence-corrected chi connectivity index (χ4v) is 4.43. The van der Waals surface area contributed by atoms with Gasteiger partial charge in [0.05, 0.1) is 18.6 Å². The summed E-state index contributed by atoms with van der Waals surface area (Å²) in [5, 5.41) is 3.00. The lowest BCUT2D eigenvalue weighted by atomic mass is 10.2. The largest absolute Gasteiger partial charge is 0.497 e. The van der Waals surface area contributed by atoms with E-state index in [4.69, 9.17) is 10.5 Å². The van der Waals surface area contributed by atoms with Crippen LogP contribution in [0, 0.1) is 0 Å². The molecular formula is C19H24N4O3S. The van der Waals surface area contributed by atoms with Crippen molar-refractivity contribution < 1.29 is 13.2 Å². The fourth-order valence-electron chi connectivity index (χ4n) is 2.91. The van der Waals surface area contributed by atoms with Gasteiger partial charge in [0, 0.05) is 24.8 Å². The summed E-state index contributed by atoms with van der Waals surface area (Å²) in [5.74, 6) is 1.000. The second kappa shape index (κ2) is 8.41. The molecule has 0 aliphatic carbocycles. The van der Waals surface area contributed by atoms with Crippen LogP contribution >= 0.6 is 0 Å². The van der Waals surface area contributed by atoms with Gasteiger partial charge in [0.15, 0.2) is 5.96 Å². The first-order valence-electron chi connectivity index (χ1n) is 8.79. The van der Waals surface area contributed by atoms with E-state index in [2.05, 4.69) is 10.3 Å². The van der Waals surface area contributed by atoms with E-state index in [1.54, 1.807) is 31.4 Å². The summed E-state index contributed by atoms with van der Waals surface area (Å²) in [7, 11) is -1.78. The summed E-state index contributed by atoms with van der Waals surface area (Å²) in [4.78, 5) is 4.62. The first-order valence-corrected chi connectivity index (χ1v) is 10.2. The highest BCUT2D eigenvalue weighted by Crippen LogP contribution is 2.21. The predicted molar refractivity (Wildman–Crippen MR) is 106 cm³/mol. The quantitative estimate of drug-likeness (QED) is 0.585. The smallest absolute Gasteiger partial charge is 0.243 e. The highest BCUT2D eigenvalue weighted by atomic mass is 32.2. The van der Waals surface area contributed by atoms with Crippen LogP contribution < -0.4 is 15.8 Å². The zero-order valence-corrected chi connectivity index (χ0v) is 16.1. The number of benzene rings is 2. The number of rotatable bonds is 6. The molecule has 1 fully saturated rings. The Bertz CT molecular complexity index is 905. The zero-order chi connectivity index (χ0) is 19.3. The van der Waals surface area contributed by atoms with Crippen LogP contribution in [0.4, 0.5) is 5.69 Å². The van der Waals surface area contributed by atoms with Crippen molar-refractivity contribution in [1.82, 2.24) is 4.31 Å². The molecule has 144 valence electrons. The number of guanidine groups is 1. The summed E-state index contributed by atoms with van der Waals surface area (Å²) in [6.45, 7) is 1.55. The monoisotopic (exact) mass is 388 g/mol. The SMILES string of the molecule is COc1cccc(NC(N)=NCc2ccc(S(=O)(=O)N3CCCC3)cc2)c1. The predicted octanol–water partition coefficient (Wildman–Crippen LogP) is 2.41. The highest BCUT2D eigenvalue weighted by Gasteiger charge is 2.26. The van der Waals surface area contributed by atoms with Gasteiger partial charge >= 0.3 is 0 Å². The Morgan fingerprint density at radius 2 is 1.89 bits per heavy atom. The van der Waals surface area contributed by atoms with Crippen LogP contribution in [-0.2, 0) is 16.6 Å². The van der Waals surface area contributed by atoms with Crippen molar-refractivity contribution in [1.29, 1.82) is 0 Å². The van der Waals surface area contributed by atoms with E-state index in [9.17, 15) is 8.42 Å². The Morgan fingerprint density at radius 1 is 1.19 bits per heavy atom. The number of nitrogens with two attached hydrogens (primary N) is 1. The van der Waals surface area contributed by atoms with Crippen molar-refractivity contribution in [2.75, 3.05) is 25.5 Å². The minimum Gasteiger partial charge on any atom is -0.497 e. The minimum atomic E-state index is -3.39. The zero-order valence-electron chi connectivity index (χ0n) is 15.3. The summed E-state index contributed by atoms with van der Waals surface area (Å²) < 4.78 is 31.8. The molecule has 1 saturated heterocycles. The van der Waals surface area contributed by atoms with Crippen molar-refractivity contribution in [3.63, 3.8) is 0 Å². The average molecular weight is 388 g/mol. The number of sulfonamides is 1. The Hall–Kier alpha value is -2.58. The molecule has 8 heteroatoms. The Morgan fingerprint density at radius 3 is 2.56 bits per heavy atom. The number of ether oxygens (including phenoxy) is 1. The number of nitrogens with one attached hydrogen (secondary N) is 1. The summed E-state index contributed by atoms with van der Waals surface area (Å²) in [6.07, 6.45) is 1.84. The van der Waals surface area contributed by atoms with E-state index in [0.29, 0.717) is 24.5 Å². The molecule has 1 aliphatic heterocycles. The van der Waals surface area contributed by atoms with Gasteiger partial charge in [0.1, 0.15) is 5.75 Å². The maximum Gasteiger partial charge on any atom is 0.243 e. The van der Waals surface area contributed by atoms with Gasteiger partial charge in [-0.05, 0) is 42.7 Å². The molecule has 0 unspecified atom stereocenters. The highest BCUT2D eigenvalue weighted by molar-refractivity contribution is 7.89. The topological polar surface area (TPSA) is 97.0 Å². The maximum absolute atomic E-state index is 12.5. The molecule has 2 aromatic rings. The number of aliphatic imine (C=N–C) groups is 1. The average Bonchev–Trinajstić information content (AvgIpc) is 3.22. The lowest BCUT2D eigenvalue weighted by Crippen LogP contribution is -2.27. The number of nitrogens with zero attached hydrogens (tertiary/aromatic N) is 2. The van der Waals surface area contributed by atoms with Crippen LogP contribution in [-0.4, -0.2) is 38.9 Å². The van der Waals surface area contributed by atoms with Gasteiger partial charge < -0.3 is 15.8 Å². The van der Waals surface area contributed by atoms with E-state index < -0.39 is 10.0 Å². The molecule has 0 spiro atoms. The van der Waals surface area contributed by atoms with Crippen LogP contribution in [0.1, 0.15) is 18.4 Å². The van der Waals surface area contributed by atoms with Crippen molar-refractivity contribution in [3.05, 3.63) is 54.1 Å². The van der Waals surface area contributed by atoms with Gasteiger partial charge in [0.25, 0.3) is 0 Å². The molecule has 0 aromatic heterocycles. The third-order valence-corrected chi connectivity index (χ3v) is 6.31. The fraction of sp³-hybridized carbons (Fsp3) is 0.316. The first kappa shape index (κ1) is 19.2. The van der Waals surface area contributed by atoms with E-state index >= 15 is 0 Å². The molecule has 3 rings (SSSR count). The molecule has 0 saturated carbocycles. The molecule has 0 radical (unpaired) electrons. The molecule has 3 N–H and O–H groups in total. The van der Waals surface area contributed by atoms with Crippen LogP contribution in [0.15, 0.2) is 58.4 Å². The van der Waals surface area contributed by atoms with Crippen molar-refractivity contribution in [2.45, 2.75) is 24.3 Å². The molecule has 1 heterocycles. The normalized spacial score (nSPS) is 15.7. The van der Waals surface area contributed by atoms with Gasteiger partial charge in [-0.2, -0.15) is 4.31 Å². The number of methoxy groups -OCH3 is 1. The number of hydrogen-bond donors (Lipinski definition) is 2. The first-order chi connectivity index (χ1) is 13.0. The molecule has 27 heavy (non-hydrogen) atoms.